The number of hydrogen-bond acceptors (Lipinski definition) is 4. The van der Waals surface area contributed by atoms with Gasteiger partial charge in [0.15, 0.2) is 0 Å². The van der Waals surface area contributed by atoms with Crippen molar-refractivity contribution >= 4 is 15.8 Å². The van der Waals surface area contributed by atoms with E-state index in [1.807, 2.05) is 6.07 Å². The number of carbonyl (C=O) groups is 1. The molecule has 1 aromatic carbocycles. The lowest BCUT2D eigenvalue weighted by Gasteiger charge is -2.34. The molecule has 0 aliphatic carbocycles. The van der Waals surface area contributed by atoms with Crippen LogP contribution in [0.4, 0.5) is 0 Å². The molecule has 0 amide bonds. The van der Waals surface area contributed by atoms with E-state index in [0.717, 1.165) is 12.8 Å². The van der Waals surface area contributed by atoms with Crippen LogP contribution in [-0.2, 0) is 14.8 Å². The van der Waals surface area contributed by atoms with E-state index >= 15 is 0 Å². The molecule has 0 spiro atoms. The predicted octanol–water partition coefficient (Wildman–Crippen LogP) is 2.08. The van der Waals surface area contributed by atoms with Crippen LogP contribution in [-0.4, -0.2) is 31.1 Å². The molecular formula is C15H18N2O3S. The third-order valence-electron chi connectivity index (χ3n) is 3.67. The Hall–Kier alpha value is -1.71. The number of carbonyl (C=O) groups excluding carboxylic acids is 1. The van der Waals surface area contributed by atoms with Crippen LogP contribution in [0.5, 0.6) is 0 Å². The minimum atomic E-state index is -3.66. The maximum atomic E-state index is 12.8. The van der Waals surface area contributed by atoms with E-state index in [-0.39, 0.29) is 23.1 Å². The SMILES string of the molecule is CC(=O)CC1CCCCN1S(=O)(=O)c1cccc(C#N)c1. The van der Waals surface area contributed by atoms with E-state index in [1.54, 1.807) is 12.1 Å². The first kappa shape index (κ1) is 15.7. The molecule has 112 valence electrons. The van der Waals surface area contributed by atoms with Gasteiger partial charge in [0.05, 0.1) is 16.5 Å². The molecular weight excluding hydrogens is 288 g/mol. The van der Waals surface area contributed by atoms with Gasteiger partial charge in [-0.2, -0.15) is 9.57 Å². The number of rotatable bonds is 4. The van der Waals surface area contributed by atoms with Crippen molar-refractivity contribution in [1.82, 2.24) is 4.31 Å². The average Bonchev–Trinajstić information content (AvgIpc) is 2.47. The highest BCUT2D eigenvalue weighted by molar-refractivity contribution is 7.89. The van der Waals surface area contributed by atoms with Crippen LogP contribution < -0.4 is 0 Å². The Balaban J connectivity index is 2.36. The maximum absolute atomic E-state index is 12.8. The quantitative estimate of drug-likeness (QED) is 0.853. The first-order chi connectivity index (χ1) is 9.95. The predicted molar refractivity (Wildman–Crippen MR) is 78.0 cm³/mol. The molecule has 0 N–H and O–H groups in total. The van der Waals surface area contributed by atoms with Crippen LogP contribution in [0.25, 0.3) is 0 Å². The molecule has 0 radical (unpaired) electrons. The molecule has 1 aromatic rings. The molecule has 1 aliphatic rings. The summed E-state index contributed by atoms with van der Waals surface area (Å²) in [6, 6.07) is 7.69. The van der Waals surface area contributed by atoms with E-state index in [4.69, 9.17) is 5.26 Å². The van der Waals surface area contributed by atoms with Crippen molar-refractivity contribution in [2.24, 2.45) is 0 Å². The molecule has 2 rings (SSSR count). The highest BCUT2D eigenvalue weighted by Crippen LogP contribution is 2.27. The van der Waals surface area contributed by atoms with Crippen molar-refractivity contribution in [1.29, 1.82) is 5.26 Å². The Labute approximate surface area is 125 Å². The Bertz CT molecular complexity index is 676. The van der Waals surface area contributed by atoms with E-state index in [2.05, 4.69) is 0 Å². The second-order valence-electron chi connectivity index (χ2n) is 5.31. The smallest absolute Gasteiger partial charge is 0.243 e. The fraction of sp³-hybridized carbons (Fsp3) is 0.467. The lowest BCUT2D eigenvalue weighted by molar-refractivity contribution is -0.118. The third-order valence-corrected chi connectivity index (χ3v) is 5.61. The van der Waals surface area contributed by atoms with Gasteiger partial charge in [0.2, 0.25) is 10.0 Å². The van der Waals surface area contributed by atoms with Gasteiger partial charge in [0.25, 0.3) is 0 Å². The third kappa shape index (κ3) is 3.49. The summed E-state index contributed by atoms with van der Waals surface area (Å²) in [6.07, 6.45) is 2.68. The Morgan fingerprint density at radius 2 is 2.19 bits per heavy atom. The van der Waals surface area contributed by atoms with Crippen molar-refractivity contribution in [3.8, 4) is 6.07 Å². The number of Topliss-reactive ketones (excluding diaryl/α,β-unsaturated/α-hetero) is 1. The van der Waals surface area contributed by atoms with Gasteiger partial charge in [0, 0.05) is 19.0 Å². The molecule has 1 heterocycles. The largest absolute Gasteiger partial charge is 0.300 e. The highest BCUT2D eigenvalue weighted by Gasteiger charge is 2.34. The lowest BCUT2D eigenvalue weighted by atomic mass is 10.0. The number of hydrogen-bond donors (Lipinski definition) is 0. The number of benzene rings is 1. The minimum absolute atomic E-state index is 0.00660. The molecule has 1 aliphatic heterocycles. The summed E-state index contributed by atoms with van der Waals surface area (Å²) in [5.41, 5.74) is 0.316. The van der Waals surface area contributed by atoms with Crippen LogP contribution in [0.1, 0.15) is 38.2 Å². The Morgan fingerprint density at radius 1 is 1.43 bits per heavy atom. The number of sulfonamides is 1. The molecule has 6 heteroatoms. The van der Waals surface area contributed by atoms with Crippen molar-refractivity contribution < 1.29 is 13.2 Å². The molecule has 0 saturated carbocycles. The second-order valence-corrected chi connectivity index (χ2v) is 7.20. The summed E-state index contributed by atoms with van der Waals surface area (Å²) in [5, 5.41) is 8.91. The van der Waals surface area contributed by atoms with Gasteiger partial charge < -0.3 is 0 Å². The average molecular weight is 306 g/mol. The fourth-order valence-electron chi connectivity index (χ4n) is 2.69. The van der Waals surface area contributed by atoms with Crippen molar-refractivity contribution in [3.63, 3.8) is 0 Å². The van der Waals surface area contributed by atoms with Crippen LogP contribution in [0.15, 0.2) is 29.2 Å². The van der Waals surface area contributed by atoms with E-state index < -0.39 is 10.0 Å². The molecule has 0 aromatic heterocycles. The van der Waals surface area contributed by atoms with E-state index in [9.17, 15) is 13.2 Å². The standard InChI is InChI=1S/C15H18N2O3S/c1-12(18)9-14-6-2-3-8-17(14)21(19,20)15-7-4-5-13(10-15)11-16/h4-5,7,10,14H,2-3,6,8-9H2,1H3. The highest BCUT2D eigenvalue weighted by atomic mass is 32.2. The first-order valence-corrected chi connectivity index (χ1v) is 8.40. The fourth-order valence-corrected chi connectivity index (χ4v) is 4.43. The van der Waals surface area contributed by atoms with Crippen molar-refractivity contribution in [2.45, 2.75) is 43.5 Å². The van der Waals surface area contributed by atoms with Crippen LogP contribution in [0, 0.1) is 11.3 Å². The van der Waals surface area contributed by atoms with Gasteiger partial charge in [-0.15, -0.1) is 0 Å². The van der Waals surface area contributed by atoms with Gasteiger partial charge in [-0.1, -0.05) is 12.5 Å². The molecule has 1 unspecified atom stereocenters. The van der Waals surface area contributed by atoms with E-state index in [0.29, 0.717) is 18.5 Å². The minimum Gasteiger partial charge on any atom is -0.300 e. The van der Waals surface area contributed by atoms with Gasteiger partial charge in [-0.05, 0) is 38.0 Å². The van der Waals surface area contributed by atoms with Crippen LogP contribution in [0.2, 0.25) is 0 Å². The van der Waals surface area contributed by atoms with Gasteiger partial charge in [-0.3, -0.25) is 4.79 Å². The summed E-state index contributed by atoms with van der Waals surface area (Å²) in [7, 11) is -3.66. The van der Waals surface area contributed by atoms with Crippen molar-refractivity contribution in [3.05, 3.63) is 29.8 Å². The molecule has 5 nitrogen and oxygen atoms in total. The summed E-state index contributed by atoms with van der Waals surface area (Å²) in [6.45, 7) is 1.91. The first-order valence-electron chi connectivity index (χ1n) is 6.96. The second kappa shape index (κ2) is 6.37. The monoisotopic (exact) mass is 306 g/mol. The van der Waals surface area contributed by atoms with E-state index in [1.165, 1.54) is 23.4 Å². The maximum Gasteiger partial charge on any atom is 0.243 e. The van der Waals surface area contributed by atoms with Crippen LogP contribution in [0.3, 0.4) is 0 Å². The zero-order chi connectivity index (χ0) is 15.5. The summed E-state index contributed by atoms with van der Waals surface area (Å²) in [5.74, 6) is -0.00660. The lowest BCUT2D eigenvalue weighted by Crippen LogP contribution is -2.44. The Morgan fingerprint density at radius 3 is 2.86 bits per heavy atom. The molecule has 1 saturated heterocycles. The zero-order valence-electron chi connectivity index (χ0n) is 11.9. The molecule has 0 bridgehead atoms. The number of nitrogens with zero attached hydrogens (tertiary/aromatic N) is 2. The molecule has 1 atom stereocenters. The van der Waals surface area contributed by atoms with Gasteiger partial charge >= 0.3 is 0 Å². The summed E-state index contributed by atoms with van der Waals surface area (Å²) >= 11 is 0. The topological polar surface area (TPSA) is 78.2 Å². The van der Waals surface area contributed by atoms with Gasteiger partial charge in [0.1, 0.15) is 5.78 Å². The zero-order valence-corrected chi connectivity index (χ0v) is 12.8. The summed E-state index contributed by atoms with van der Waals surface area (Å²) < 4.78 is 26.9. The molecule has 21 heavy (non-hydrogen) atoms. The van der Waals surface area contributed by atoms with Gasteiger partial charge in [-0.25, -0.2) is 8.42 Å². The normalized spacial score (nSPS) is 19.9. The summed E-state index contributed by atoms with van der Waals surface area (Å²) in [4.78, 5) is 11.5. The van der Waals surface area contributed by atoms with Crippen LogP contribution >= 0.6 is 0 Å². The van der Waals surface area contributed by atoms with Crippen molar-refractivity contribution in [2.75, 3.05) is 6.54 Å². The number of piperidine rings is 1. The Kier molecular flexibility index (Phi) is 4.76. The molecule has 1 fully saturated rings. The number of nitriles is 1. The number of ketones is 1.